The Morgan fingerprint density at radius 1 is 1.38 bits per heavy atom. The quantitative estimate of drug-likeness (QED) is 0.718. The van der Waals surface area contributed by atoms with Gasteiger partial charge in [-0.15, -0.1) is 0 Å². The first kappa shape index (κ1) is 11.0. The molecule has 0 spiro atoms. The van der Waals surface area contributed by atoms with Gasteiger partial charge in [0.25, 0.3) is 0 Å². The van der Waals surface area contributed by atoms with Crippen LogP contribution in [0.25, 0.3) is 0 Å². The van der Waals surface area contributed by atoms with Crippen molar-refractivity contribution in [3.05, 3.63) is 29.8 Å². The Morgan fingerprint density at radius 2 is 2.12 bits per heavy atom. The second-order valence-corrected chi connectivity index (χ2v) is 4.08. The lowest BCUT2D eigenvalue weighted by Crippen LogP contribution is -2.28. The smallest absolute Gasteiger partial charge is 0.306 e. The summed E-state index contributed by atoms with van der Waals surface area (Å²) in [7, 11) is 1.67. The molecular weight excluding hydrogens is 204 g/mol. The molecule has 1 aliphatic rings. The fourth-order valence-electron chi connectivity index (χ4n) is 2.24. The third-order valence-corrected chi connectivity index (χ3v) is 3.08. The van der Waals surface area contributed by atoms with Crippen LogP contribution in [0.1, 0.15) is 31.2 Å². The minimum absolute atomic E-state index is 0.0717. The predicted octanol–water partition coefficient (Wildman–Crippen LogP) is 2.50. The second kappa shape index (κ2) is 4.56. The van der Waals surface area contributed by atoms with Crippen molar-refractivity contribution in [2.45, 2.75) is 31.8 Å². The Balaban J connectivity index is 2.26. The van der Waals surface area contributed by atoms with Crippen LogP contribution in [0.4, 0.5) is 0 Å². The molecule has 0 radical (unpaired) electrons. The number of carbonyl (C=O) groups excluding carboxylic acids is 1. The summed E-state index contributed by atoms with van der Waals surface area (Å²) in [5.74, 6) is 1.02. The minimum atomic E-state index is -0.0985. The van der Waals surface area contributed by atoms with Gasteiger partial charge in [0.05, 0.1) is 7.11 Å². The van der Waals surface area contributed by atoms with Crippen LogP contribution in [0.15, 0.2) is 24.3 Å². The van der Waals surface area contributed by atoms with E-state index in [1.54, 1.807) is 7.11 Å². The fraction of sp³-hybridized carbons (Fsp3) is 0.462. The zero-order chi connectivity index (χ0) is 11.5. The molecule has 2 atom stereocenters. The van der Waals surface area contributed by atoms with Gasteiger partial charge in [0, 0.05) is 17.9 Å². The lowest BCUT2D eigenvalue weighted by Gasteiger charge is -2.29. The van der Waals surface area contributed by atoms with Crippen LogP contribution in [0.5, 0.6) is 5.75 Å². The molecule has 0 saturated carbocycles. The highest BCUT2D eigenvalue weighted by molar-refractivity contribution is 5.70. The van der Waals surface area contributed by atoms with E-state index in [1.165, 1.54) is 0 Å². The third kappa shape index (κ3) is 2.03. The maximum absolute atomic E-state index is 11.2. The monoisotopic (exact) mass is 220 g/mol. The number of esters is 1. The highest BCUT2D eigenvalue weighted by Crippen LogP contribution is 2.36. The average Bonchev–Trinajstić information content (AvgIpc) is 2.29. The van der Waals surface area contributed by atoms with Gasteiger partial charge in [-0.05, 0) is 19.4 Å². The molecule has 2 rings (SSSR count). The van der Waals surface area contributed by atoms with E-state index in [2.05, 4.69) is 0 Å². The van der Waals surface area contributed by atoms with Crippen molar-refractivity contribution >= 4 is 5.97 Å². The predicted molar refractivity (Wildman–Crippen MR) is 60.5 cm³/mol. The SMILES string of the molecule is COc1ccccc1[C@H]1CCC(=O)O[C@@H]1C. The van der Waals surface area contributed by atoms with E-state index in [0.29, 0.717) is 6.42 Å². The first-order valence-electron chi connectivity index (χ1n) is 5.54. The van der Waals surface area contributed by atoms with Gasteiger partial charge in [-0.25, -0.2) is 0 Å². The Bertz CT molecular complexity index is 387. The van der Waals surface area contributed by atoms with Gasteiger partial charge in [0.2, 0.25) is 0 Å². The maximum Gasteiger partial charge on any atom is 0.306 e. The largest absolute Gasteiger partial charge is 0.496 e. The number of hydrogen-bond acceptors (Lipinski definition) is 3. The van der Waals surface area contributed by atoms with Crippen LogP contribution < -0.4 is 4.74 Å². The Labute approximate surface area is 95.4 Å². The van der Waals surface area contributed by atoms with Crippen molar-refractivity contribution in [2.75, 3.05) is 7.11 Å². The van der Waals surface area contributed by atoms with E-state index in [0.717, 1.165) is 17.7 Å². The summed E-state index contributed by atoms with van der Waals surface area (Å²) in [5.41, 5.74) is 1.13. The average molecular weight is 220 g/mol. The van der Waals surface area contributed by atoms with Crippen molar-refractivity contribution in [1.29, 1.82) is 0 Å². The highest BCUT2D eigenvalue weighted by atomic mass is 16.5. The molecule has 1 saturated heterocycles. The molecule has 0 aromatic heterocycles. The van der Waals surface area contributed by atoms with Crippen LogP contribution >= 0.6 is 0 Å². The topological polar surface area (TPSA) is 35.5 Å². The zero-order valence-corrected chi connectivity index (χ0v) is 9.60. The number of cyclic esters (lactones) is 1. The Hall–Kier alpha value is -1.51. The highest BCUT2D eigenvalue weighted by Gasteiger charge is 2.30. The summed E-state index contributed by atoms with van der Waals surface area (Å²) in [6, 6.07) is 7.92. The summed E-state index contributed by atoms with van der Waals surface area (Å²) in [6.45, 7) is 1.94. The van der Waals surface area contributed by atoms with Crippen LogP contribution in [0.2, 0.25) is 0 Å². The van der Waals surface area contributed by atoms with Gasteiger partial charge in [-0.1, -0.05) is 18.2 Å². The van der Waals surface area contributed by atoms with Crippen LogP contribution in [0.3, 0.4) is 0 Å². The van der Waals surface area contributed by atoms with Gasteiger partial charge in [0.1, 0.15) is 11.9 Å². The molecule has 3 nitrogen and oxygen atoms in total. The summed E-state index contributed by atoms with van der Waals surface area (Å²) in [6.07, 6.45) is 1.26. The molecule has 16 heavy (non-hydrogen) atoms. The molecule has 0 amide bonds. The molecule has 3 heteroatoms. The van der Waals surface area contributed by atoms with Crippen molar-refractivity contribution in [3.8, 4) is 5.75 Å². The molecule has 86 valence electrons. The van der Waals surface area contributed by atoms with E-state index in [4.69, 9.17) is 9.47 Å². The number of ether oxygens (including phenoxy) is 2. The van der Waals surface area contributed by atoms with Crippen LogP contribution in [-0.4, -0.2) is 19.2 Å². The van der Waals surface area contributed by atoms with Gasteiger partial charge in [0.15, 0.2) is 0 Å². The molecule has 1 aromatic carbocycles. The number of methoxy groups -OCH3 is 1. The molecule has 1 heterocycles. The number of rotatable bonds is 2. The summed E-state index contributed by atoms with van der Waals surface area (Å²) < 4.78 is 10.6. The maximum atomic E-state index is 11.2. The number of carbonyl (C=O) groups is 1. The van der Waals surface area contributed by atoms with Crippen molar-refractivity contribution in [2.24, 2.45) is 0 Å². The van der Waals surface area contributed by atoms with Crippen LogP contribution in [0, 0.1) is 0 Å². The van der Waals surface area contributed by atoms with E-state index in [-0.39, 0.29) is 18.0 Å². The standard InChI is InChI=1S/C13H16O3/c1-9-10(7-8-13(14)16-9)11-5-3-4-6-12(11)15-2/h3-6,9-10H,7-8H2,1-2H3/t9-,10+/m1/s1. The first-order valence-corrected chi connectivity index (χ1v) is 5.54. The summed E-state index contributed by atoms with van der Waals surface area (Å²) >= 11 is 0. The fourth-order valence-corrected chi connectivity index (χ4v) is 2.24. The van der Waals surface area contributed by atoms with Crippen molar-refractivity contribution in [3.63, 3.8) is 0 Å². The Morgan fingerprint density at radius 3 is 2.81 bits per heavy atom. The lowest BCUT2D eigenvalue weighted by atomic mass is 9.87. The zero-order valence-electron chi connectivity index (χ0n) is 9.60. The molecule has 0 bridgehead atoms. The van der Waals surface area contributed by atoms with Gasteiger partial charge in [-0.3, -0.25) is 4.79 Å². The summed E-state index contributed by atoms with van der Waals surface area (Å²) in [5, 5.41) is 0. The second-order valence-electron chi connectivity index (χ2n) is 4.08. The van der Waals surface area contributed by atoms with Gasteiger partial charge >= 0.3 is 5.97 Å². The van der Waals surface area contributed by atoms with Crippen molar-refractivity contribution in [1.82, 2.24) is 0 Å². The molecule has 0 N–H and O–H groups in total. The van der Waals surface area contributed by atoms with Crippen LogP contribution in [-0.2, 0) is 9.53 Å². The first-order chi connectivity index (χ1) is 7.72. The van der Waals surface area contributed by atoms with E-state index >= 15 is 0 Å². The number of para-hydroxylation sites is 1. The van der Waals surface area contributed by atoms with Crippen molar-refractivity contribution < 1.29 is 14.3 Å². The molecule has 1 aromatic rings. The molecule has 0 aliphatic carbocycles. The molecule has 1 aliphatic heterocycles. The van der Waals surface area contributed by atoms with E-state index < -0.39 is 0 Å². The molecular formula is C13H16O3. The van der Waals surface area contributed by atoms with Gasteiger partial charge in [-0.2, -0.15) is 0 Å². The van der Waals surface area contributed by atoms with Gasteiger partial charge < -0.3 is 9.47 Å². The normalized spacial score (nSPS) is 25.0. The molecule has 1 fully saturated rings. The summed E-state index contributed by atoms with van der Waals surface area (Å²) in [4.78, 5) is 11.2. The van der Waals surface area contributed by atoms with E-state index in [1.807, 2.05) is 31.2 Å². The number of hydrogen-bond donors (Lipinski definition) is 0. The molecule has 0 unspecified atom stereocenters. The Kier molecular flexibility index (Phi) is 3.13. The van der Waals surface area contributed by atoms with E-state index in [9.17, 15) is 4.79 Å². The lowest BCUT2D eigenvalue weighted by molar-refractivity contribution is -0.154. The minimum Gasteiger partial charge on any atom is -0.496 e. The third-order valence-electron chi connectivity index (χ3n) is 3.08. The number of benzene rings is 1.